The first kappa shape index (κ1) is 14.8. The van der Waals surface area contributed by atoms with Crippen molar-refractivity contribution in [3.05, 3.63) is 35.4 Å². The van der Waals surface area contributed by atoms with Crippen LogP contribution < -0.4 is 11.1 Å². The van der Waals surface area contributed by atoms with Gasteiger partial charge in [-0.25, -0.2) is 0 Å². The van der Waals surface area contributed by atoms with Gasteiger partial charge in [0, 0.05) is 6.54 Å². The number of nitrogens with one attached hydrogen (secondary N) is 1. The predicted octanol–water partition coefficient (Wildman–Crippen LogP) is 1.46. The number of hydrogen-bond donors (Lipinski definition) is 3. The molecule has 0 atom stereocenters. The molecule has 0 fully saturated rings. The van der Waals surface area contributed by atoms with Crippen LogP contribution in [0.25, 0.3) is 0 Å². The molecule has 0 saturated heterocycles. The van der Waals surface area contributed by atoms with Crippen molar-refractivity contribution in [1.29, 1.82) is 0 Å². The number of carbonyl (C=O) groups excluding carboxylic acids is 1. The summed E-state index contributed by atoms with van der Waals surface area (Å²) in [6, 6.07) is 4.41. The minimum absolute atomic E-state index is 0.0652. The summed E-state index contributed by atoms with van der Waals surface area (Å²) >= 11 is 0. The van der Waals surface area contributed by atoms with Gasteiger partial charge in [-0.2, -0.15) is 13.2 Å². The molecule has 1 amide bonds. The van der Waals surface area contributed by atoms with Crippen molar-refractivity contribution in [2.24, 2.45) is 10.9 Å². The summed E-state index contributed by atoms with van der Waals surface area (Å²) in [7, 11) is 0. The zero-order valence-corrected chi connectivity index (χ0v) is 9.74. The van der Waals surface area contributed by atoms with E-state index in [1.807, 2.05) is 0 Å². The quantitative estimate of drug-likeness (QED) is 0.336. The van der Waals surface area contributed by atoms with Gasteiger partial charge < -0.3 is 16.3 Å². The first-order valence-electron chi connectivity index (χ1n) is 5.22. The molecule has 0 aliphatic carbocycles. The molecule has 0 radical (unpaired) electrons. The van der Waals surface area contributed by atoms with E-state index in [1.165, 1.54) is 12.1 Å². The van der Waals surface area contributed by atoms with Crippen LogP contribution in [0.4, 0.5) is 13.2 Å². The maximum atomic E-state index is 12.3. The van der Waals surface area contributed by atoms with E-state index in [2.05, 4.69) is 10.5 Å². The number of nitrogens with two attached hydrogens (primary N) is 1. The fourth-order valence-corrected chi connectivity index (χ4v) is 1.27. The van der Waals surface area contributed by atoms with E-state index in [-0.39, 0.29) is 18.8 Å². The topological polar surface area (TPSA) is 87.7 Å². The van der Waals surface area contributed by atoms with E-state index < -0.39 is 17.6 Å². The normalized spacial score (nSPS) is 12.3. The van der Waals surface area contributed by atoms with E-state index in [9.17, 15) is 18.0 Å². The highest BCUT2D eigenvalue weighted by atomic mass is 19.4. The molecular weight excluding hydrogens is 263 g/mol. The molecular formula is C11H12F3N3O2. The molecule has 0 unspecified atom stereocenters. The second-order valence-corrected chi connectivity index (χ2v) is 3.74. The maximum absolute atomic E-state index is 12.3. The lowest BCUT2D eigenvalue weighted by Gasteiger charge is -2.08. The molecule has 5 nitrogen and oxygen atoms in total. The molecule has 104 valence electrons. The number of amidine groups is 1. The van der Waals surface area contributed by atoms with Gasteiger partial charge in [0.05, 0.1) is 12.0 Å². The van der Waals surface area contributed by atoms with Crippen molar-refractivity contribution >= 4 is 11.7 Å². The van der Waals surface area contributed by atoms with Gasteiger partial charge in [-0.15, -0.1) is 0 Å². The summed E-state index contributed by atoms with van der Waals surface area (Å²) in [6.45, 7) is 0.0652. The molecule has 0 bridgehead atoms. The minimum atomic E-state index is -4.38. The van der Waals surface area contributed by atoms with Crippen LogP contribution in [0.2, 0.25) is 0 Å². The van der Waals surface area contributed by atoms with E-state index in [0.717, 1.165) is 12.1 Å². The molecule has 19 heavy (non-hydrogen) atoms. The van der Waals surface area contributed by atoms with Crippen LogP contribution in [0.15, 0.2) is 29.4 Å². The molecule has 8 heteroatoms. The van der Waals surface area contributed by atoms with Gasteiger partial charge >= 0.3 is 6.18 Å². The highest BCUT2D eigenvalue weighted by Gasteiger charge is 2.29. The zero-order valence-electron chi connectivity index (χ0n) is 9.74. The Balaban J connectivity index is 2.53. The number of oxime groups is 1. The molecule has 1 aromatic carbocycles. The highest BCUT2D eigenvalue weighted by molar-refractivity contribution is 5.98. The zero-order chi connectivity index (χ0) is 14.5. The van der Waals surface area contributed by atoms with E-state index >= 15 is 0 Å². The molecule has 4 N–H and O–H groups in total. The van der Waals surface area contributed by atoms with Gasteiger partial charge in [0.1, 0.15) is 5.84 Å². The summed E-state index contributed by atoms with van der Waals surface area (Å²) in [6.07, 6.45) is -4.66. The number of carbonyl (C=O) groups is 1. The minimum Gasteiger partial charge on any atom is -0.409 e. The van der Waals surface area contributed by atoms with Gasteiger partial charge in [-0.05, 0) is 17.7 Å². The lowest BCUT2D eigenvalue weighted by molar-refractivity contribution is -0.137. The number of nitrogens with zero attached hydrogens (tertiary/aromatic N) is 1. The summed E-state index contributed by atoms with van der Waals surface area (Å²) < 4.78 is 36.9. The number of amides is 1. The lowest BCUT2D eigenvalue weighted by atomic mass is 10.1. The third-order valence-electron chi connectivity index (χ3n) is 2.24. The standard InChI is InChI=1S/C11H12F3N3O2/c12-11(13,14)8-3-1-7(2-4-8)6-16-10(18)5-9(15)17-19/h1-4,19H,5-6H2,(H2,15,17)(H,16,18). The Morgan fingerprint density at radius 3 is 2.37 bits per heavy atom. The SMILES string of the molecule is NC(CC(=O)NCc1ccc(C(F)(F)F)cc1)=NO. The Morgan fingerprint density at radius 2 is 1.89 bits per heavy atom. The first-order valence-corrected chi connectivity index (χ1v) is 5.22. The summed E-state index contributed by atoms with van der Waals surface area (Å²) in [4.78, 5) is 11.2. The van der Waals surface area contributed by atoms with Gasteiger partial charge in [0.2, 0.25) is 5.91 Å². The molecule has 1 aromatic rings. The number of halogens is 3. The molecule has 0 heterocycles. The number of hydrogen-bond acceptors (Lipinski definition) is 3. The maximum Gasteiger partial charge on any atom is 0.416 e. The second kappa shape index (κ2) is 6.07. The fraction of sp³-hybridized carbons (Fsp3) is 0.273. The van der Waals surface area contributed by atoms with Crippen LogP contribution in [0.5, 0.6) is 0 Å². The molecule has 0 aliphatic heterocycles. The first-order chi connectivity index (χ1) is 8.82. The van der Waals surface area contributed by atoms with E-state index in [4.69, 9.17) is 10.9 Å². The average Bonchev–Trinajstić information content (AvgIpc) is 2.35. The average molecular weight is 275 g/mol. The Kier molecular flexibility index (Phi) is 4.74. The Hall–Kier alpha value is -2.25. The molecule has 1 rings (SSSR count). The van der Waals surface area contributed by atoms with Crippen molar-refractivity contribution in [2.45, 2.75) is 19.1 Å². The lowest BCUT2D eigenvalue weighted by Crippen LogP contribution is -2.28. The smallest absolute Gasteiger partial charge is 0.409 e. The number of rotatable bonds is 4. The summed E-state index contributed by atoms with van der Waals surface area (Å²) in [5.74, 6) is -0.736. The van der Waals surface area contributed by atoms with Crippen LogP contribution in [0, 0.1) is 0 Å². The third-order valence-corrected chi connectivity index (χ3v) is 2.24. The van der Waals surface area contributed by atoms with Gasteiger partial charge in [-0.3, -0.25) is 4.79 Å². The van der Waals surface area contributed by atoms with Crippen molar-refractivity contribution in [1.82, 2.24) is 5.32 Å². The monoisotopic (exact) mass is 275 g/mol. The predicted molar refractivity (Wildman–Crippen MR) is 61.3 cm³/mol. The summed E-state index contributed by atoms with van der Waals surface area (Å²) in [5.41, 5.74) is 4.89. The van der Waals surface area contributed by atoms with Gasteiger partial charge in [0.15, 0.2) is 0 Å². The van der Waals surface area contributed by atoms with E-state index in [1.54, 1.807) is 0 Å². The molecule has 0 aliphatic rings. The fourth-order valence-electron chi connectivity index (χ4n) is 1.27. The largest absolute Gasteiger partial charge is 0.416 e. The van der Waals surface area contributed by atoms with Crippen molar-refractivity contribution < 1.29 is 23.2 Å². The molecule has 0 saturated carbocycles. The highest BCUT2D eigenvalue weighted by Crippen LogP contribution is 2.28. The Morgan fingerprint density at radius 1 is 1.32 bits per heavy atom. The van der Waals surface area contributed by atoms with Crippen molar-refractivity contribution in [2.75, 3.05) is 0 Å². The van der Waals surface area contributed by atoms with Crippen LogP contribution >= 0.6 is 0 Å². The van der Waals surface area contributed by atoms with Crippen molar-refractivity contribution in [3.8, 4) is 0 Å². The third kappa shape index (κ3) is 4.86. The number of benzene rings is 1. The summed E-state index contributed by atoms with van der Waals surface area (Å²) in [5, 5.41) is 13.3. The molecule has 0 spiro atoms. The van der Waals surface area contributed by atoms with Crippen LogP contribution in [-0.4, -0.2) is 17.0 Å². The Bertz CT molecular complexity index is 469. The van der Waals surface area contributed by atoms with E-state index in [0.29, 0.717) is 5.56 Å². The molecule has 0 aromatic heterocycles. The van der Waals surface area contributed by atoms with Gasteiger partial charge in [-0.1, -0.05) is 17.3 Å². The number of alkyl halides is 3. The van der Waals surface area contributed by atoms with Crippen LogP contribution in [0.1, 0.15) is 17.5 Å². The van der Waals surface area contributed by atoms with Gasteiger partial charge in [0.25, 0.3) is 0 Å². The van der Waals surface area contributed by atoms with Crippen LogP contribution in [-0.2, 0) is 17.5 Å². The Labute approximate surface area is 106 Å². The van der Waals surface area contributed by atoms with Crippen molar-refractivity contribution in [3.63, 3.8) is 0 Å². The van der Waals surface area contributed by atoms with Crippen LogP contribution in [0.3, 0.4) is 0 Å². The second-order valence-electron chi connectivity index (χ2n) is 3.74.